The van der Waals surface area contributed by atoms with Gasteiger partial charge in [0, 0.05) is 11.8 Å². The molecule has 0 aromatic heterocycles. The van der Waals surface area contributed by atoms with Gasteiger partial charge in [0.05, 0.1) is 7.11 Å². The molecule has 0 aliphatic rings. The Kier molecular flexibility index (Phi) is 5.63. The fraction of sp³-hybridized carbons (Fsp3) is 0.316. The normalized spacial score (nSPS) is 11.9. The molecule has 23 heavy (non-hydrogen) atoms. The average Bonchev–Trinajstić information content (AvgIpc) is 2.55. The van der Waals surface area contributed by atoms with Crippen LogP contribution in [0.25, 0.3) is 0 Å². The number of hydrogen-bond donors (Lipinski definition) is 1. The number of anilines is 1. The molecule has 4 heteroatoms. The molecule has 1 atom stereocenters. The van der Waals surface area contributed by atoms with Crippen LogP contribution >= 0.6 is 0 Å². The zero-order chi connectivity index (χ0) is 16.8. The van der Waals surface area contributed by atoms with Gasteiger partial charge in [-0.3, -0.25) is 4.79 Å². The van der Waals surface area contributed by atoms with Crippen molar-refractivity contribution in [2.75, 3.05) is 12.4 Å². The van der Waals surface area contributed by atoms with Gasteiger partial charge < -0.3 is 14.8 Å². The Morgan fingerprint density at radius 1 is 1.00 bits per heavy atom. The van der Waals surface area contributed by atoms with E-state index in [1.165, 1.54) is 5.56 Å². The summed E-state index contributed by atoms with van der Waals surface area (Å²) in [5.74, 6) is 1.65. The van der Waals surface area contributed by atoms with Crippen LogP contribution in [-0.2, 0) is 4.79 Å². The van der Waals surface area contributed by atoms with Gasteiger partial charge in [-0.2, -0.15) is 0 Å². The SMILES string of the molecule is COc1cccc(NC(=O)[C@@H](C)Oc2ccc(C(C)C)cc2)c1. The standard InChI is InChI=1S/C19H23NO3/c1-13(2)15-8-10-17(11-9-15)23-14(3)19(21)20-16-6-5-7-18(12-16)22-4/h5-14H,1-4H3,(H,20,21)/t14-/m1/s1. The van der Waals surface area contributed by atoms with Gasteiger partial charge in [-0.25, -0.2) is 0 Å². The molecule has 0 fully saturated rings. The summed E-state index contributed by atoms with van der Waals surface area (Å²) in [6.07, 6.45) is -0.592. The number of hydrogen-bond acceptors (Lipinski definition) is 3. The minimum atomic E-state index is -0.592. The highest BCUT2D eigenvalue weighted by molar-refractivity contribution is 5.94. The van der Waals surface area contributed by atoms with E-state index in [-0.39, 0.29) is 5.91 Å². The van der Waals surface area contributed by atoms with Gasteiger partial charge in [-0.1, -0.05) is 32.0 Å². The summed E-state index contributed by atoms with van der Waals surface area (Å²) in [4.78, 5) is 12.2. The van der Waals surface area contributed by atoms with Crippen molar-refractivity contribution in [1.82, 2.24) is 0 Å². The molecule has 2 rings (SSSR count). The van der Waals surface area contributed by atoms with E-state index in [1.807, 2.05) is 42.5 Å². The Morgan fingerprint density at radius 2 is 1.70 bits per heavy atom. The number of amides is 1. The maximum Gasteiger partial charge on any atom is 0.265 e. The van der Waals surface area contributed by atoms with Crippen LogP contribution < -0.4 is 14.8 Å². The van der Waals surface area contributed by atoms with E-state index >= 15 is 0 Å². The molecular weight excluding hydrogens is 290 g/mol. The molecule has 2 aromatic carbocycles. The highest BCUT2D eigenvalue weighted by Crippen LogP contribution is 2.20. The molecule has 0 radical (unpaired) electrons. The van der Waals surface area contributed by atoms with Crippen molar-refractivity contribution in [1.29, 1.82) is 0 Å². The van der Waals surface area contributed by atoms with Gasteiger partial charge in [0.15, 0.2) is 6.10 Å². The molecule has 1 amide bonds. The lowest BCUT2D eigenvalue weighted by Gasteiger charge is -2.15. The van der Waals surface area contributed by atoms with E-state index < -0.39 is 6.10 Å². The maximum atomic E-state index is 12.2. The molecule has 0 unspecified atom stereocenters. The molecular formula is C19H23NO3. The topological polar surface area (TPSA) is 47.6 Å². The number of nitrogens with one attached hydrogen (secondary N) is 1. The van der Waals surface area contributed by atoms with Gasteiger partial charge in [0.2, 0.25) is 0 Å². The molecule has 0 saturated carbocycles. The van der Waals surface area contributed by atoms with Crippen molar-refractivity contribution in [2.24, 2.45) is 0 Å². The first kappa shape index (κ1) is 16.9. The first-order valence-corrected chi connectivity index (χ1v) is 7.71. The van der Waals surface area contributed by atoms with Crippen LogP contribution in [0.4, 0.5) is 5.69 Å². The van der Waals surface area contributed by atoms with E-state index in [1.54, 1.807) is 20.1 Å². The third-order valence-corrected chi connectivity index (χ3v) is 3.57. The van der Waals surface area contributed by atoms with Crippen molar-refractivity contribution in [3.8, 4) is 11.5 Å². The van der Waals surface area contributed by atoms with E-state index in [4.69, 9.17) is 9.47 Å². The molecule has 0 saturated heterocycles. The van der Waals surface area contributed by atoms with E-state index in [2.05, 4.69) is 19.2 Å². The van der Waals surface area contributed by atoms with Gasteiger partial charge in [-0.15, -0.1) is 0 Å². The molecule has 1 N–H and O–H groups in total. The van der Waals surface area contributed by atoms with Crippen molar-refractivity contribution in [2.45, 2.75) is 32.8 Å². The Balaban J connectivity index is 1.96. The summed E-state index contributed by atoms with van der Waals surface area (Å²) in [5.41, 5.74) is 1.92. The Hall–Kier alpha value is -2.49. The van der Waals surface area contributed by atoms with Crippen LogP contribution in [0.2, 0.25) is 0 Å². The number of benzene rings is 2. The molecule has 2 aromatic rings. The predicted octanol–water partition coefficient (Wildman–Crippen LogP) is 4.22. The number of carbonyl (C=O) groups is 1. The van der Waals surface area contributed by atoms with Gasteiger partial charge in [0.1, 0.15) is 11.5 Å². The Bertz CT molecular complexity index is 650. The zero-order valence-electron chi connectivity index (χ0n) is 14.0. The largest absolute Gasteiger partial charge is 0.497 e. The van der Waals surface area contributed by atoms with E-state index in [0.717, 1.165) is 0 Å². The molecule has 4 nitrogen and oxygen atoms in total. The van der Waals surface area contributed by atoms with Crippen LogP contribution in [-0.4, -0.2) is 19.1 Å². The fourth-order valence-electron chi connectivity index (χ4n) is 2.13. The molecule has 0 bridgehead atoms. The maximum absolute atomic E-state index is 12.2. The van der Waals surface area contributed by atoms with Gasteiger partial charge in [0.25, 0.3) is 5.91 Å². The lowest BCUT2D eigenvalue weighted by atomic mass is 10.0. The molecule has 122 valence electrons. The summed E-state index contributed by atoms with van der Waals surface area (Å²) < 4.78 is 10.8. The van der Waals surface area contributed by atoms with Crippen LogP contribution in [0.1, 0.15) is 32.3 Å². The molecule has 0 spiro atoms. The van der Waals surface area contributed by atoms with Crippen LogP contribution in [0.3, 0.4) is 0 Å². The number of rotatable bonds is 6. The minimum absolute atomic E-state index is 0.203. The lowest BCUT2D eigenvalue weighted by Crippen LogP contribution is -2.30. The Morgan fingerprint density at radius 3 is 2.30 bits per heavy atom. The van der Waals surface area contributed by atoms with Crippen molar-refractivity contribution >= 4 is 11.6 Å². The number of ether oxygens (including phenoxy) is 2. The highest BCUT2D eigenvalue weighted by atomic mass is 16.5. The van der Waals surface area contributed by atoms with Crippen molar-refractivity contribution < 1.29 is 14.3 Å². The van der Waals surface area contributed by atoms with Crippen LogP contribution in [0, 0.1) is 0 Å². The zero-order valence-corrected chi connectivity index (χ0v) is 14.0. The summed E-state index contributed by atoms with van der Waals surface area (Å²) in [7, 11) is 1.59. The summed E-state index contributed by atoms with van der Waals surface area (Å²) >= 11 is 0. The number of carbonyl (C=O) groups excluding carboxylic acids is 1. The summed E-state index contributed by atoms with van der Waals surface area (Å²) in [6, 6.07) is 15.1. The lowest BCUT2D eigenvalue weighted by molar-refractivity contribution is -0.122. The highest BCUT2D eigenvalue weighted by Gasteiger charge is 2.15. The summed E-state index contributed by atoms with van der Waals surface area (Å²) in [6.45, 7) is 6.01. The Labute approximate surface area is 137 Å². The number of methoxy groups -OCH3 is 1. The average molecular weight is 313 g/mol. The second-order valence-electron chi connectivity index (χ2n) is 5.71. The molecule has 0 heterocycles. The molecule has 0 aliphatic heterocycles. The summed E-state index contributed by atoms with van der Waals surface area (Å²) in [5, 5.41) is 2.82. The second kappa shape index (κ2) is 7.68. The van der Waals surface area contributed by atoms with Crippen molar-refractivity contribution in [3.63, 3.8) is 0 Å². The van der Waals surface area contributed by atoms with Crippen molar-refractivity contribution in [3.05, 3.63) is 54.1 Å². The third kappa shape index (κ3) is 4.74. The first-order chi connectivity index (χ1) is 11.0. The van der Waals surface area contributed by atoms with Gasteiger partial charge >= 0.3 is 0 Å². The second-order valence-corrected chi connectivity index (χ2v) is 5.71. The first-order valence-electron chi connectivity index (χ1n) is 7.71. The predicted molar refractivity (Wildman–Crippen MR) is 92.2 cm³/mol. The molecule has 0 aliphatic carbocycles. The van der Waals surface area contributed by atoms with Crippen LogP contribution in [0.15, 0.2) is 48.5 Å². The van der Waals surface area contributed by atoms with Gasteiger partial charge in [-0.05, 0) is 42.7 Å². The fourth-order valence-corrected chi connectivity index (χ4v) is 2.13. The van der Waals surface area contributed by atoms with E-state index in [0.29, 0.717) is 23.1 Å². The minimum Gasteiger partial charge on any atom is -0.497 e. The quantitative estimate of drug-likeness (QED) is 0.868. The monoisotopic (exact) mass is 313 g/mol. The van der Waals surface area contributed by atoms with Crippen LogP contribution in [0.5, 0.6) is 11.5 Å². The van der Waals surface area contributed by atoms with E-state index in [9.17, 15) is 4.79 Å². The third-order valence-electron chi connectivity index (χ3n) is 3.57. The smallest absolute Gasteiger partial charge is 0.265 e.